The molecule has 0 radical (unpaired) electrons. The highest BCUT2D eigenvalue weighted by molar-refractivity contribution is 7.10. The first-order chi connectivity index (χ1) is 10.7. The van der Waals surface area contributed by atoms with Crippen LogP contribution in [0.5, 0.6) is 0 Å². The predicted molar refractivity (Wildman–Crippen MR) is 89.4 cm³/mol. The number of anilines is 1. The highest BCUT2D eigenvalue weighted by Gasteiger charge is 2.16. The van der Waals surface area contributed by atoms with Crippen LogP contribution in [0, 0.1) is 6.92 Å². The van der Waals surface area contributed by atoms with Gasteiger partial charge in [-0.2, -0.15) is 4.37 Å². The number of aryl methyl sites for hydroxylation is 1. The maximum atomic E-state index is 12.1. The first-order valence-corrected chi connectivity index (χ1v) is 8.03. The summed E-state index contributed by atoms with van der Waals surface area (Å²) in [5, 5.41) is 6.70. The summed E-state index contributed by atoms with van der Waals surface area (Å²) < 4.78 is 9.78. The SMILES string of the molecule is CNc1snc(C)c1C(=O)NCCCOCc1ccccc1. The lowest BCUT2D eigenvalue weighted by Gasteiger charge is -2.07. The summed E-state index contributed by atoms with van der Waals surface area (Å²) >= 11 is 1.30. The summed E-state index contributed by atoms with van der Waals surface area (Å²) in [7, 11) is 1.79. The second kappa shape index (κ2) is 8.51. The highest BCUT2D eigenvalue weighted by atomic mass is 32.1. The first kappa shape index (κ1) is 16.5. The lowest BCUT2D eigenvalue weighted by Crippen LogP contribution is -2.26. The molecule has 1 amide bonds. The molecule has 5 nitrogen and oxygen atoms in total. The monoisotopic (exact) mass is 319 g/mol. The van der Waals surface area contributed by atoms with E-state index in [4.69, 9.17) is 4.74 Å². The number of amides is 1. The fraction of sp³-hybridized carbons (Fsp3) is 0.375. The van der Waals surface area contributed by atoms with E-state index in [1.807, 2.05) is 37.3 Å². The van der Waals surface area contributed by atoms with Crippen LogP contribution >= 0.6 is 11.5 Å². The van der Waals surface area contributed by atoms with Crippen molar-refractivity contribution < 1.29 is 9.53 Å². The third-order valence-electron chi connectivity index (χ3n) is 3.18. The second-order valence-electron chi connectivity index (χ2n) is 4.87. The number of nitrogens with zero attached hydrogens (tertiary/aromatic N) is 1. The number of hydrogen-bond acceptors (Lipinski definition) is 5. The number of hydrogen-bond donors (Lipinski definition) is 2. The topological polar surface area (TPSA) is 63.2 Å². The second-order valence-corrected chi connectivity index (χ2v) is 5.64. The quantitative estimate of drug-likeness (QED) is 0.735. The molecule has 0 spiro atoms. The number of benzene rings is 1. The zero-order valence-electron chi connectivity index (χ0n) is 12.9. The number of carbonyl (C=O) groups is 1. The lowest BCUT2D eigenvalue weighted by molar-refractivity contribution is 0.0935. The van der Waals surface area contributed by atoms with E-state index >= 15 is 0 Å². The first-order valence-electron chi connectivity index (χ1n) is 7.26. The van der Waals surface area contributed by atoms with E-state index in [1.54, 1.807) is 7.05 Å². The average molecular weight is 319 g/mol. The third kappa shape index (κ3) is 4.54. The van der Waals surface area contributed by atoms with Crippen LogP contribution < -0.4 is 10.6 Å². The minimum absolute atomic E-state index is 0.0846. The van der Waals surface area contributed by atoms with Gasteiger partial charge in [-0.25, -0.2) is 0 Å². The van der Waals surface area contributed by atoms with E-state index < -0.39 is 0 Å². The van der Waals surface area contributed by atoms with Crippen molar-refractivity contribution in [3.05, 3.63) is 47.2 Å². The van der Waals surface area contributed by atoms with Gasteiger partial charge in [-0.15, -0.1) is 0 Å². The molecule has 0 aliphatic heterocycles. The number of ether oxygens (including phenoxy) is 1. The number of nitrogens with one attached hydrogen (secondary N) is 2. The molecule has 22 heavy (non-hydrogen) atoms. The van der Waals surface area contributed by atoms with Crippen molar-refractivity contribution >= 4 is 22.4 Å². The molecule has 1 aromatic carbocycles. The summed E-state index contributed by atoms with van der Waals surface area (Å²) in [6, 6.07) is 10.0. The van der Waals surface area contributed by atoms with Crippen LogP contribution in [0.3, 0.4) is 0 Å². The van der Waals surface area contributed by atoms with Gasteiger partial charge >= 0.3 is 0 Å². The van der Waals surface area contributed by atoms with Crippen molar-refractivity contribution in [2.75, 3.05) is 25.5 Å². The minimum atomic E-state index is -0.0846. The maximum absolute atomic E-state index is 12.1. The van der Waals surface area contributed by atoms with Gasteiger partial charge in [0.2, 0.25) is 0 Å². The molecular formula is C16H21N3O2S. The Morgan fingerprint density at radius 1 is 1.32 bits per heavy atom. The molecule has 1 aromatic heterocycles. The van der Waals surface area contributed by atoms with Crippen molar-refractivity contribution in [2.45, 2.75) is 20.0 Å². The van der Waals surface area contributed by atoms with Gasteiger partial charge in [-0.05, 0) is 30.4 Å². The third-order valence-corrected chi connectivity index (χ3v) is 4.14. The molecule has 2 rings (SSSR count). The lowest BCUT2D eigenvalue weighted by atomic mass is 10.2. The van der Waals surface area contributed by atoms with Crippen LogP contribution in [0.2, 0.25) is 0 Å². The molecule has 0 unspecified atom stereocenters. The number of aromatic nitrogens is 1. The van der Waals surface area contributed by atoms with Crippen LogP contribution in [-0.2, 0) is 11.3 Å². The van der Waals surface area contributed by atoms with Gasteiger partial charge in [0.05, 0.1) is 17.9 Å². The standard InChI is InChI=1S/C16H21N3O2S/c1-12-14(16(17-2)22-19-12)15(20)18-9-6-10-21-11-13-7-4-3-5-8-13/h3-5,7-8,17H,6,9-11H2,1-2H3,(H,18,20). The van der Waals surface area contributed by atoms with Crippen molar-refractivity contribution in [3.8, 4) is 0 Å². The Morgan fingerprint density at radius 2 is 2.09 bits per heavy atom. The summed E-state index contributed by atoms with van der Waals surface area (Å²) in [6.07, 6.45) is 0.782. The number of rotatable bonds is 8. The summed E-state index contributed by atoms with van der Waals surface area (Å²) in [6.45, 7) is 3.66. The molecule has 6 heteroatoms. The largest absolute Gasteiger partial charge is 0.378 e. The van der Waals surface area contributed by atoms with Crippen LogP contribution in [0.15, 0.2) is 30.3 Å². The van der Waals surface area contributed by atoms with Gasteiger partial charge in [0.15, 0.2) is 0 Å². The summed E-state index contributed by atoms with van der Waals surface area (Å²) in [5.41, 5.74) is 2.55. The highest BCUT2D eigenvalue weighted by Crippen LogP contribution is 2.23. The Balaban J connectivity index is 1.66. The molecule has 0 aliphatic rings. The molecule has 0 saturated heterocycles. The van der Waals surface area contributed by atoms with Gasteiger partial charge < -0.3 is 15.4 Å². The van der Waals surface area contributed by atoms with E-state index in [1.165, 1.54) is 11.5 Å². The smallest absolute Gasteiger partial charge is 0.256 e. The maximum Gasteiger partial charge on any atom is 0.256 e. The molecule has 1 heterocycles. The average Bonchev–Trinajstić information content (AvgIpc) is 2.92. The zero-order chi connectivity index (χ0) is 15.8. The van der Waals surface area contributed by atoms with Crippen LogP contribution in [0.4, 0.5) is 5.00 Å². The Hall–Kier alpha value is -1.92. The molecule has 0 atom stereocenters. The Bertz CT molecular complexity index is 599. The van der Waals surface area contributed by atoms with Crippen molar-refractivity contribution in [2.24, 2.45) is 0 Å². The summed E-state index contributed by atoms with van der Waals surface area (Å²) in [5.74, 6) is -0.0846. The normalized spacial score (nSPS) is 10.5. The molecule has 2 aromatic rings. The molecule has 0 fully saturated rings. The van der Waals surface area contributed by atoms with Crippen LogP contribution in [0.1, 0.15) is 28.0 Å². The summed E-state index contributed by atoms with van der Waals surface area (Å²) in [4.78, 5) is 12.1. The fourth-order valence-corrected chi connectivity index (χ4v) is 2.78. The Kier molecular flexibility index (Phi) is 6.36. The van der Waals surface area contributed by atoms with Crippen LogP contribution in [0.25, 0.3) is 0 Å². The van der Waals surface area contributed by atoms with E-state index in [0.717, 1.165) is 22.7 Å². The van der Waals surface area contributed by atoms with Crippen molar-refractivity contribution in [3.63, 3.8) is 0 Å². The molecule has 0 aliphatic carbocycles. The van der Waals surface area contributed by atoms with Crippen molar-refractivity contribution in [1.29, 1.82) is 0 Å². The van der Waals surface area contributed by atoms with E-state index in [9.17, 15) is 4.79 Å². The minimum Gasteiger partial charge on any atom is -0.378 e. The molecular weight excluding hydrogens is 298 g/mol. The van der Waals surface area contributed by atoms with Gasteiger partial charge in [-0.3, -0.25) is 4.79 Å². The van der Waals surface area contributed by atoms with Gasteiger partial charge in [0.1, 0.15) is 5.00 Å². The fourth-order valence-electron chi connectivity index (χ4n) is 2.04. The predicted octanol–water partition coefficient (Wildman–Crippen LogP) is 2.83. The van der Waals surface area contributed by atoms with E-state index in [-0.39, 0.29) is 5.91 Å². The van der Waals surface area contributed by atoms with Gasteiger partial charge in [0.25, 0.3) is 5.91 Å². The molecule has 0 bridgehead atoms. The van der Waals surface area contributed by atoms with E-state index in [2.05, 4.69) is 15.0 Å². The molecule has 2 N–H and O–H groups in total. The van der Waals surface area contributed by atoms with Gasteiger partial charge in [-0.1, -0.05) is 30.3 Å². The zero-order valence-corrected chi connectivity index (χ0v) is 13.7. The van der Waals surface area contributed by atoms with E-state index in [0.29, 0.717) is 25.3 Å². The Labute approximate surface area is 134 Å². The van der Waals surface area contributed by atoms with Crippen molar-refractivity contribution in [1.82, 2.24) is 9.69 Å². The van der Waals surface area contributed by atoms with Gasteiger partial charge in [0, 0.05) is 20.2 Å². The number of carbonyl (C=O) groups excluding carboxylic acids is 1. The Morgan fingerprint density at radius 3 is 2.82 bits per heavy atom. The van der Waals surface area contributed by atoms with Crippen LogP contribution in [-0.4, -0.2) is 30.5 Å². The molecule has 0 saturated carbocycles. The molecule has 118 valence electrons.